The van der Waals surface area contributed by atoms with Gasteiger partial charge in [0.25, 0.3) is 0 Å². The topological polar surface area (TPSA) is 24.9 Å². The van der Waals surface area contributed by atoms with Gasteiger partial charge in [-0.25, -0.2) is 0 Å². The first-order valence-electron chi connectivity index (χ1n) is 6.57. The van der Waals surface area contributed by atoms with Crippen molar-refractivity contribution in [3.63, 3.8) is 0 Å². The maximum absolute atomic E-state index is 6.18. The van der Waals surface area contributed by atoms with Crippen molar-refractivity contribution in [2.75, 3.05) is 41.3 Å². The maximum Gasteiger partial charge on any atom is 0.168 e. The van der Waals surface area contributed by atoms with E-state index in [1.807, 2.05) is 0 Å². The van der Waals surface area contributed by atoms with Gasteiger partial charge in [-0.05, 0) is 41.0 Å². The molecule has 0 bridgehead atoms. The van der Waals surface area contributed by atoms with Gasteiger partial charge in [-0.1, -0.05) is 13.8 Å². The lowest BCUT2D eigenvalue weighted by Crippen LogP contribution is -2.39. The first-order chi connectivity index (χ1) is 7.92. The third-order valence-electron chi connectivity index (χ3n) is 3.31. The summed E-state index contributed by atoms with van der Waals surface area (Å²) < 4.78 is 12.4. The lowest BCUT2D eigenvalue weighted by atomic mass is 10.1. The zero-order valence-corrected chi connectivity index (χ0v) is 12.2. The summed E-state index contributed by atoms with van der Waals surface area (Å²) in [5, 5.41) is 0. The first-order valence-corrected chi connectivity index (χ1v) is 6.57. The van der Waals surface area contributed by atoms with Crippen molar-refractivity contribution in [1.82, 2.24) is 9.80 Å². The van der Waals surface area contributed by atoms with Gasteiger partial charge in [-0.2, -0.15) is 0 Å². The number of nitrogens with zero attached hydrogens (tertiary/aromatic N) is 2. The van der Waals surface area contributed by atoms with E-state index in [4.69, 9.17) is 9.47 Å². The molecule has 1 saturated heterocycles. The van der Waals surface area contributed by atoms with Crippen LogP contribution in [0.2, 0.25) is 0 Å². The zero-order chi connectivity index (χ0) is 13.1. The average molecular weight is 244 g/mol. The third kappa shape index (κ3) is 3.91. The van der Waals surface area contributed by atoms with E-state index >= 15 is 0 Å². The maximum atomic E-state index is 6.18. The van der Waals surface area contributed by atoms with Crippen molar-refractivity contribution in [3.05, 3.63) is 0 Å². The Morgan fingerprint density at radius 3 is 1.41 bits per heavy atom. The molecule has 0 spiro atoms. The fourth-order valence-electron chi connectivity index (χ4n) is 2.34. The fourth-order valence-corrected chi connectivity index (χ4v) is 2.34. The summed E-state index contributed by atoms with van der Waals surface area (Å²) in [5.41, 5.74) is 0. The molecule has 2 unspecified atom stereocenters. The highest BCUT2D eigenvalue weighted by atomic mass is 16.8. The smallest absolute Gasteiger partial charge is 0.168 e. The molecule has 0 saturated carbocycles. The van der Waals surface area contributed by atoms with Crippen LogP contribution < -0.4 is 0 Å². The van der Waals surface area contributed by atoms with E-state index < -0.39 is 0 Å². The normalized spacial score (nSPS) is 28.2. The molecule has 1 aliphatic rings. The van der Waals surface area contributed by atoms with Crippen molar-refractivity contribution in [3.8, 4) is 0 Å². The highest BCUT2D eigenvalue weighted by Gasteiger charge is 2.45. The second-order valence-electron chi connectivity index (χ2n) is 5.45. The highest BCUT2D eigenvalue weighted by molar-refractivity contribution is 4.87. The first kappa shape index (κ1) is 14.9. The summed E-state index contributed by atoms with van der Waals surface area (Å²) in [4.78, 5) is 4.33. The van der Waals surface area contributed by atoms with E-state index in [0.717, 1.165) is 25.9 Å². The van der Waals surface area contributed by atoms with Crippen LogP contribution in [0.5, 0.6) is 0 Å². The third-order valence-corrected chi connectivity index (χ3v) is 3.31. The van der Waals surface area contributed by atoms with Crippen LogP contribution in [-0.4, -0.2) is 69.1 Å². The number of hydrogen-bond acceptors (Lipinski definition) is 4. The molecule has 2 atom stereocenters. The summed E-state index contributed by atoms with van der Waals surface area (Å²) in [6.07, 6.45) is 2.17. The van der Waals surface area contributed by atoms with Crippen LogP contribution >= 0.6 is 0 Å². The van der Waals surface area contributed by atoms with Crippen LogP contribution in [0.15, 0.2) is 0 Å². The molecule has 4 heteroatoms. The SMILES string of the molecule is CCC1(CC)OC(CN(C)C)C(CN(C)C)O1. The molecular weight excluding hydrogens is 216 g/mol. The van der Waals surface area contributed by atoms with Crippen molar-refractivity contribution >= 4 is 0 Å². The Balaban J connectivity index is 2.70. The summed E-state index contributed by atoms with van der Waals surface area (Å²) in [6.45, 7) is 6.10. The second-order valence-corrected chi connectivity index (χ2v) is 5.45. The number of likely N-dealkylation sites (N-methyl/N-ethyl adjacent to an activating group) is 2. The lowest BCUT2D eigenvalue weighted by molar-refractivity contribution is -0.180. The number of hydrogen-bond donors (Lipinski definition) is 0. The lowest BCUT2D eigenvalue weighted by Gasteiger charge is -2.25. The molecule has 0 aromatic heterocycles. The van der Waals surface area contributed by atoms with Gasteiger partial charge in [0.2, 0.25) is 0 Å². The predicted molar refractivity (Wildman–Crippen MR) is 70.2 cm³/mol. The molecule has 0 aliphatic carbocycles. The number of ether oxygens (including phenoxy) is 2. The summed E-state index contributed by atoms with van der Waals surface area (Å²) in [7, 11) is 8.31. The van der Waals surface area contributed by atoms with E-state index in [2.05, 4.69) is 51.8 Å². The Labute approximate surface area is 106 Å². The van der Waals surface area contributed by atoms with Gasteiger partial charge in [0.15, 0.2) is 5.79 Å². The molecule has 0 amide bonds. The molecule has 1 aliphatic heterocycles. The second kappa shape index (κ2) is 6.14. The van der Waals surface area contributed by atoms with Crippen LogP contribution in [-0.2, 0) is 9.47 Å². The fraction of sp³-hybridized carbons (Fsp3) is 1.00. The van der Waals surface area contributed by atoms with Crippen molar-refractivity contribution < 1.29 is 9.47 Å². The summed E-state index contributed by atoms with van der Waals surface area (Å²) >= 11 is 0. The van der Waals surface area contributed by atoms with Crippen molar-refractivity contribution in [2.45, 2.75) is 44.7 Å². The van der Waals surface area contributed by atoms with Crippen LogP contribution in [0.25, 0.3) is 0 Å². The molecule has 0 radical (unpaired) electrons. The summed E-state index contributed by atoms with van der Waals surface area (Å²) in [5.74, 6) is -0.360. The Kier molecular flexibility index (Phi) is 5.38. The Hall–Kier alpha value is -0.160. The minimum absolute atomic E-state index is 0.173. The van der Waals surface area contributed by atoms with Crippen molar-refractivity contribution in [1.29, 1.82) is 0 Å². The Morgan fingerprint density at radius 2 is 1.18 bits per heavy atom. The zero-order valence-electron chi connectivity index (χ0n) is 12.2. The van der Waals surface area contributed by atoms with Crippen LogP contribution in [0, 0.1) is 0 Å². The standard InChI is InChI=1S/C13H28N2O2/c1-7-13(8-2)16-11(9-14(3)4)12(17-13)10-15(5)6/h11-12H,7-10H2,1-6H3. The Morgan fingerprint density at radius 1 is 0.824 bits per heavy atom. The largest absolute Gasteiger partial charge is 0.343 e. The van der Waals surface area contributed by atoms with Gasteiger partial charge >= 0.3 is 0 Å². The van der Waals surface area contributed by atoms with Gasteiger partial charge < -0.3 is 19.3 Å². The molecule has 1 heterocycles. The van der Waals surface area contributed by atoms with Crippen LogP contribution in [0.1, 0.15) is 26.7 Å². The van der Waals surface area contributed by atoms with Gasteiger partial charge in [-0.3, -0.25) is 0 Å². The van der Waals surface area contributed by atoms with Gasteiger partial charge in [0.1, 0.15) is 12.2 Å². The van der Waals surface area contributed by atoms with Crippen LogP contribution in [0.4, 0.5) is 0 Å². The molecule has 1 fully saturated rings. The minimum atomic E-state index is -0.360. The highest BCUT2D eigenvalue weighted by Crippen LogP contribution is 2.34. The van der Waals surface area contributed by atoms with Crippen LogP contribution in [0.3, 0.4) is 0 Å². The molecule has 4 nitrogen and oxygen atoms in total. The Bertz CT molecular complexity index is 207. The van der Waals surface area contributed by atoms with E-state index in [1.165, 1.54) is 0 Å². The minimum Gasteiger partial charge on any atom is -0.343 e. The van der Waals surface area contributed by atoms with Gasteiger partial charge in [-0.15, -0.1) is 0 Å². The molecule has 17 heavy (non-hydrogen) atoms. The molecule has 0 aromatic rings. The van der Waals surface area contributed by atoms with Gasteiger partial charge in [0.05, 0.1) is 0 Å². The molecule has 0 N–H and O–H groups in total. The summed E-state index contributed by atoms with van der Waals surface area (Å²) in [6, 6.07) is 0. The molecule has 0 aromatic carbocycles. The van der Waals surface area contributed by atoms with E-state index in [1.54, 1.807) is 0 Å². The van der Waals surface area contributed by atoms with E-state index in [-0.39, 0.29) is 18.0 Å². The van der Waals surface area contributed by atoms with Crippen molar-refractivity contribution in [2.24, 2.45) is 0 Å². The van der Waals surface area contributed by atoms with E-state index in [9.17, 15) is 0 Å². The predicted octanol–water partition coefficient (Wildman–Crippen LogP) is 1.41. The molecule has 1 rings (SSSR count). The van der Waals surface area contributed by atoms with Gasteiger partial charge in [0, 0.05) is 13.1 Å². The number of rotatable bonds is 6. The molecular formula is C13H28N2O2. The quantitative estimate of drug-likeness (QED) is 0.705. The average Bonchev–Trinajstić information content (AvgIpc) is 2.56. The molecule has 102 valence electrons. The monoisotopic (exact) mass is 244 g/mol. The van der Waals surface area contributed by atoms with E-state index in [0.29, 0.717) is 0 Å².